The Hall–Kier alpha value is -1.35. The number of hydrogen-bond donors (Lipinski definition) is 1. The Bertz CT molecular complexity index is 434. The van der Waals surface area contributed by atoms with Gasteiger partial charge in [0.1, 0.15) is 0 Å². The normalized spacial score (nSPS) is 11.0. The second-order valence-electron chi connectivity index (χ2n) is 3.51. The van der Waals surface area contributed by atoms with Gasteiger partial charge in [0.15, 0.2) is 0 Å². The van der Waals surface area contributed by atoms with Crippen LogP contribution < -0.4 is 0 Å². The molecule has 0 bridgehead atoms. The summed E-state index contributed by atoms with van der Waals surface area (Å²) in [6.45, 7) is 3.07. The van der Waals surface area contributed by atoms with Crippen LogP contribution in [0.5, 0.6) is 0 Å². The molecule has 0 amide bonds. The maximum absolute atomic E-state index is 8.74. The Labute approximate surface area is 83.0 Å². The highest BCUT2D eigenvalue weighted by Gasteiger charge is 2.01. The fourth-order valence-electron chi connectivity index (χ4n) is 1.61. The highest BCUT2D eigenvalue weighted by Crippen LogP contribution is 2.15. The molecular formula is C11H14N2O. The molecule has 0 fully saturated rings. The summed E-state index contributed by atoms with van der Waals surface area (Å²) in [5.41, 5.74) is 2.39. The second kappa shape index (κ2) is 3.80. The summed E-state index contributed by atoms with van der Waals surface area (Å²) in [4.78, 5) is 0. The Morgan fingerprint density at radius 3 is 3.07 bits per heavy atom. The highest BCUT2D eigenvalue weighted by atomic mass is 16.3. The molecule has 0 radical (unpaired) electrons. The maximum Gasteiger partial charge on any atom is 0.0682 e. The molecule has 0 atom stereocenters. The lowest BCUT2D eigenvalue weighted by atomic mass is 10.2. The van der Waals surface area contributed by atoms with E-state index in [9.17, 15) is 0 Å². The van der Waals surface area contributed by atoms with Crippen molar-refractivity contribution in [2.45, 2.75) is 19.9 Å². The fraction of sp³-hybridized carbons (Fsp3) is 0.364. The molecule has 0 aliphatic rings. The maximum atomic E-state index is 8.74. The van der Waals surface area contributed by atoms with E-state index in [0.29, 0.717) is 0 Å². The van der Waals surface area contributed by atoms with Crippen molar-refractivity contribution in [1.82, 2.24) is 9.78 Å². The van der Waals surface area contributed by atoms with E-state index >= 15 is 0 Å². The first-order chi connectivity index (χ1) is 6.81. The first kappa shape index (κ1) is 9.21. The summed E-state index contributed by atoms with van der Waals surface area (Å²) in [5.74, 6) is 0. The number of fused-ring (bicyclic) bond motifs is 1. The summed E-state index contributed by atoms with van der Waals surface area (Å²) < 4.78 is 1.94. The molecule has 14 heavy (non-hydrogen) atoms. The Morgan fingerprint density at radius 1 is 1.43 bits per heavy atom. The summed E-state index contributed by atoms with van der Waals surface area (Å²) in [6, 6.07) is 6.28. The number of aliphatic hydroxyl groups is 1. The number of nitrogens with zero attached hydrogens (tertiary/aromatic N) is 2. The van der Waals surface area contributed by atoms with Gasteiger partial charge in [0.25, 0.3) is 0 Å². The third-order valence-corrected chi connectivity index (χ3v) is 2.33. The third-order valence-electron chi connectivity index (χ3n) is 2.33. The van der Waals surface area contributed by atoms with E-state index in [4.69, 9.17) is 5.11 Å². The zero-order valence-electron chi connectivity index (χ0n) is 8.27. The lowest BCUT2D eigenvalue weighted by molar-refractivity contribution is 0.278. The molecule has 3 nitrogen and oxygen atoms in total. The molecule has 0 saturated heterocycles. The summed E-state index contributed by atoms with van der Waals surface area (Å²) in [6.07, 6.45) is 2.63. The zero-order valence-corrected chi connectivity index (χ0v) is 8.27. The van der Waals surface area contributed by atoms with Crippen LogP contribution in [-0.4, -0.2) is 21.5 Å². The Kier molecular flexibility index (Phi) is 2.50. The third kappa shape index (κ3) is 1.63. The number of aromatic nitrogens is 2. The monoisotopic (exact) mass is 190 g/mol. The average molecular weight is 190 g/mol. The van der Waals surface area contributed by atoms with Gasteiger partial charge in [-0.2, -0.15) is 5.10 Å². The van der Waals surface area contributed by atoms with Crippen molar-refractivity contribution in [2.24, 2.45) is 0 Å². The Balaban J connectivity index is 2.37. The van der Waals surface area contributed by atoms with Gasteiger partial charge in [0.2, 0.25) is 0 Å². The lowest BCUT2D eigenvalue weighted by Gasteiger charge is -2.01. The molecule has 1 heterocycles. The van der Waals surface area contributed by atoms with Gasteiger partial charge in [-0.1, -0.05) is 11.6 Å². The van der Waals surface area contributed by atoms with E-state index in [2.05, 4.69) is 30.2 Å². The van der Waals surface area contributed by atoms with Crippen molar-refractivity contribution < 1.29 is 5.11 Å². The molecule has 0 aliphatic carbocycles. The first-order valence-electron chi connectivity index (χ1n) is 4.84. The minimum Gasteiger partial charge on any atom is -0.396 e. The van der Waals surface area contributed by atoms with Crippen LogP contribution in [-0.2, 0) is 6.54 Å². The van der Waals surface area contributed by atoms with Crippen LogP contribution in [0.15, 0.2) is 24.4 Å². The van der Waals surface area contributed by atoms with Gasteiger partial charge in [0, 0.05) is 18.5 Å². The quantitative estimate of drug-likeness (QED) is 0.800. The average Bonchev–Trinajstić information content (AvgIpc) is 2.57. The van der Waals surface area contributed by atoms with Crippen molar-refractivity contribution in [3.05, 3.63) is 30.0 Å². The fourth-order valence-corrected chi connectivity index (χ4v) is 1.61. The van der Waals surface area contributed by atoms with Gasteiger partial charge in [-0.25, -0.2) is 0 Å². The molecule has 0 spiro atoms. The van der Waals surface area contributed by atoms with Crippen LogP contribution in [0.3, 0.4) is 0 Å². The van der Waals surface area contributed by atoms with Gasteiger partial charge in [-0.15, -0.1) is 0 Å². The van der Waals surface area contributed by atoms with Crippen LogP contribution >= 0.6 is 0 Å². The predicted octanol–water partition coefficient (Wildman–Crippen LogP) is 1.73. The summed E-state index contributed by atoms with van der Waals surface area (Å²) in [7, 11) is 0. The van der Waals surface area contributed by atoms with Crippen LogP contribution in [0.4, 0.5) is 0 Å². The van der Waals surface area contributed by atoms with Crippen molar-refractivity contribution >= 4 is 10.9 Å². The Morgan fingerprint density at radius 2 is 2.29 bits per heavy atom. The van der Waals surface area contributed by atoms with Gasteiger partial charge >= 0.3 is 0 Å². The number of benzene rings is 1. The van der Waals surface area contributed by atoms with Crippen molar-refractivity contribution in [1.29, 1.82) is 0 Å². The molecule has 74 valence electrons. The van der Waals surface area contributed by atoms with E-state index < -0.39 is 0 Å². The zero-order chi connectivity index (χ0) is 9.97. The first-order valence-corrected chi connectivity index (χ1v) is 4.84. The summed E-state index contributed by atoms with van der Waals surface area (Å²) in [5, 5.41) is 14.2. The highest BCUT2D eigenvalue weighted by molar-refractivity contribution is 5.79. The molecule has 0 unspecified atom stereocenters. The minimum atomic E-state index is 0.215. The van der Waals surface area contributed by atoms with E-state index in [0.717, 1.165) is 18.5 Å². The van der Waals surface area contributed by atoms with Crippen molar-refractivity contribution in [3.63, 3.8) is 0 Å². The van der Waals surface area contributed by atoms with Crippen molar-refractivity contribution in [2.75, 3.05) is 6.61 Å². The lowest BCUT2D eigenvalue weighted by Crippen LogP contribution is -2.01. The summed E-state index contributed by atoms with van der Waals surface area (Å²) >= 11 is 0. The molecule has 2 aromatic rings. The molecule has 3 heteroatoms. The van der Waals surface area contributed by atoms with E-state index in [1.165, 1.54) is 10.9 Å². The van der Waals surface area contributed by atoms with Crippen molar-refractivity contribution in [3.8, 4) is 0 Å². The number of aryl methyl sites for hydroxylation is 2. The van der Waals surface area contributed by atoms with E-state index in [1.54, 1.807) is 0 Å². The van der Waals surface area contributed by atoms with Crippen LogP contribution in [0.25, 0.3) is 10.9 Å². The molecule has 1 N–H and O–H groups in total. The predicted molar refractivity (Wildman–Crippen MR) is 56.2 cm³/mol. The van der Waals surface area contributed by atoms with Crippen LogP contribution in [0.2, 0.25) is 0 Å². The van der Waals surface area contributed by atoms with Gasteiger partial charge in [-0.05, 0) is 25.5 Å². The number of rotatable bonds is 3. The van der Waals surface area contributed by atoms with E-state index in [-0.39, 0.29) is 6.61 Å². The van der Waals surface area contributed by atoms with Crippen LogP contribution in [0, 0.1) is 6.92 Å². The SMILES string of the molecule is Cc1ccc2c(cnn2CCCO)c1. The molecule has 1 aromatic heterocycles. The van der Waals surface area contributed by atoms with Crippen LogP contribution in [0.1, 0.15) is 12.0 Å². The topological polar surface area (TPSA) is 38.0 Å². The second-order valence-corrected chi connectivity index (χ2v) is 3.51. The number of aliphatic hydroxyl groups excluding tert-OH is 1. The van der Waals surface area contributed by atoms with Gasteiger partial charge in [0.05, 0.1) is 11.7 Å². The van der Waals surface area contributed by atoms with Gasteiger partial charge in [-0.3, -0.25) is 4.68 Å². The smallest absolute Gasteiger partial charge is 0.0682 e. The molecule has 1 aromatic carbocycles. The number of hydrogen-bond acceptors (Lipinski definition) is 2. The van der Waals surface area contributed by atoms with E-state index in [1.807, 2.05) is 10.9 Å². The minimum absolute atomic E-state index is 0.215. The molecule has 2 rings (SSSR count). The largest absolute Gasteiger partial charge is 0.396 e. The van der Waals surface area contributed by atoms with Gasteiger partial charge < -0.3 is 5.11 Å². The molecule has 0 saturated carbocycles. The molecular weight excluding hydrogens is 176 g/mol. The molecule has 0 aliphatic heterocycles. The standard InChI is InChI=1S/C11H14N2O/c1-9-3-4-11-10(7-9)8-12-13(11)5-2-6-14/h3-4,7-8,14H,2,5-6H2,1H3.